The molecule has 1 amide bonds. The van der Waals surface area contributed by atoms with Gasteiger partial charge in [-0.2, -0.15) is 0 Å². The molecule has 2 rings (SSSR count). The number of halogens is 1. The lowest BCUT2D eigenvalue weighted by atomic mass is 10.0. The van der Waals surface area contributed by atoms with Crippen molar-refractivity contribution in [3.8, 4) is 0 Å². The molecule has 1 aromatic rings. The van der Waals surface area contributed by atoms with Crippen LogP contribution in [0.2, 0.25) is 0 Å². The maximum absolute atomic E-state index is 12.7. The van der Waals surface area contributed by atoms with E-state index in [4.69, 9.17) is 0 Å². The van der Waals surface area contributed by atoms with E-state index < -0.39 is 0 Å². The maximum Gasteiger partial charge on any atom is 0.254 e. The number of nitrogens with zero attached hydrogens (tertiary/aromatic N) is 1. The summed E-state index contributed by atoms with van der Waals surface area (Å²) in [7, 11) is 0. The topological polar surface area (TPSA) is 37.4 Å². The van der Waals surface area contributed by atoms with Crippen LogP contribution in [0.1, 0.15) is 49.4 Å². The highest BCUT2D eigenvalue weighted by Gasteiger charge is 2.27. The van der Waals surface area contributed by atoms with Crippen LogP contribution in [0, 0.1) is 0 Å². The van der Waals surface area contributed by atoms with Crippen LogP contribution < -0.4 is 0 Å². The number of amides is 1. The van der Waals surface area contributed by atoms with Crippen LogP contribution in [-0.2, 0) is 4.79 Å². The summed E-state index contributed by atoms with van der Waals surface area (Å²) in [5, 5.41) is 0. The van der Waals surface area contributed by atoms with Gasteiger partial charge in [0.15, 0.2) is 0 Å². The minimum Gasteiger partial charge on any atom is -0.335 e. The summed E-state index contributed by atoms with van der Waals surface area (Å²) in [6.07, 6.45) is 4.67. The van der Waals surface area contributed by atoms with Crippen LogP contribution in [0.15, 0.2) is 28.7 Å². The number of Topliss-reactive ketones (excluding diaryl/α,β-unsaturated/α-hetero) is 1. The van der Waals surface area contributed by atoms with Crippen molar-refractivity contribution in [2.45, 2.75) is 45.1 Å². The van der Waals surface area contributed by atoms with Gasteiger partial charge >= 0.3 is 0 Å². The molecule has 1 saturated heterocycles. The van der Waals surface area contributed by atoms with E-state index in [-0.39, 0.29) is 17.7 Å². The van der Waals surface area contributed by atoms with Crippen molar-refractivity contribution in [3.63, 3.8) is 0 Å². The van der Waals surface area contributed by atoms with E-state index in [1.54, 1.807) is 6.92 Å². The standard InChI is InChI=1S/C16H20BrNO2/c1-12(19)11-15-5-3-2-4-10-18(15)16(20)13-6-8-14(17)9-7-13/h6-9,15H,2-5,10-11H2,1H3. The van der Waals surface area contributed by atoms with Crippen LogP contribution in [-0.4, -0.2) is 29.2 Å². The average Bonchev–Trinajstić information content (AvgIpc) is 2.63. The SMILES string of the molecule is CC(=O)CC1CCCCCN1C(=O)c1ccc(Br)cc1. The molecule has 0 radical (unpaired) electrons. The van der Waals surface area contributed by atoms with Crippen LogP contribution in [0.25, 0.3) is 0 Å². The molecule has 1 unspecified atom stereocenters. The van der Waals surface area contributed by atoms with E-state index in [9.17, 15) is 9.59 Å². The summed E-state index contributed by atoms with van der Waals surface area (Å²) in [6.45, 7) is 2.36. The van der Waals surface area contributed by atoms with Crippen LogP contribution in [0.5, 0.6) is 0 Å². The second-order valence-electron chi connectivity index (χ2n) is 5.41. The molecule has 4 heteroatoms. The number of rotatable bonds is 3. The van der Waals surface area contributed by atoms with Gasteiger partial charge in [-0.05, 0) is 44.0 Å². The Bertz CT molecular complexity index is 484. The summed E-state index contributed by atoms with van der Waals surface area (Å²) in [5.41, 5.74) is 0.698. The minimum atomic E-state index is 0.0469. The van der Waals surface area contributed by atoms with Gasteiger partial charge in [0.2, 0.25) is 0 Å². The normalized spacial score (nSPS) is 19.5. The molecule has 0 aliphatic carbocycles. The first-order valence-corrected chi connectivity index (χ1v) is 7.93. The van der Waals surface area contributed by atoms with E-state index in [0.29, 0.717) is 12.0 Å². The van der Waals surface area contributed by atoms with Gasteiger partial charge in [0, 0.05) is 29.0 Å². The predicted molar refractivity (Wildman–Crippen MR) is 82.7 cm³/mol. The molecule has 1 heterocycles. The van der Waals surface area contributed by atoms with E-state index in [2.05, 4.69) is 15.9 Å². The maximum atomic E-state index is 12.7. The van der Waals surface area contributed by atoms with Crippen molar-refractivity contribution in [3.05, 3.63) is 34.3 Å². The third-order valence-corrected chi connectivity index (χ3v) is 4.28. The number of carbonyl (C=O) groups excluding carboxylic acids is 2. The molecule has 0 saturated carbocycles. The summed E-state index contributed by atoms with van der Waals surface area (Å²) in [4.78, 5) is 26.0. The fraction of sp³-hybridized carbons (Fsp3) is 0.500. The molecule has 20 heavy (non-hydrogen) atoms. The molecule has 108 valence electrons. The fourth-order valence-electron chi connectivity index (χ4n) is 2.75. The molecule has 0 bridgehead atoms. The molecule has 3 nitrogen and oxygen atoms in total. The lowest BCUT2D eigenvalue weighted by Crippen LogP contribution is -2.41. The highest BCUT2D eigenvalue weighted by molar-refractivity contribution is 9.10. The number of hydrogen-bond donors (Lipinski definition) is 0. The van der Waals surface area contributed by atoms with E-state index >= 15 is 0 Å². The molecule has 1 aliphatic heterocycles. The van der Waals surface area contributed by atoms with Crippen molar-refractivity contribution in [1.82, 2.24) is 4.90 Å². The monoisotopic (exact) mass is 337 g/mol. The summed E-state index contributed by atoms with van der Waals surface area (Å²) < 4.78 is 0.963. The Morgan fingerprint density at radius 3 is 2.55 bits per heavy atom. The molecule has 0 N–H and O–H groups in total. The molecule has 1 atom stereocenters. The van der Waals surface area contributed by atoms with E-state index in [1.165, 1.54) is 0 Å². The summed E-state index contributed by atoms with van der Waals surface area (Å²) in [5.74, 6) is 0.205. The van der Waals surface area contributed by atoms with E-state index in [1.807, 2.05) is 29.2 Å². The van der Waals surface area contributed by atoms with Gasteiger partial charge in [-0.1, -0.05) is 28.8 Å². The second kappa shape index (κ2) is 7.02. The molecule has 1 fully saturated rings. The summed E-state index contributed by atoms with van der Waals surface area (Å²) in [6, 6.07) is 7.49. The van der Waals surface area contributed by atoms with E-state index in [0.717, 1.165) is 36.7 Å². The third kappa shape index (κ3) is 3.92. The first-order chi connectivity index (χ1) is 9.58. The van der Waals surface area contributed by atoms with Crippen LogP contribution in [0.4, 0.5) is 0 Å². The van der Waals surface area contributed by atoms with Crippen molar-refractivity contribution in [2.75, 3.05) is 6.54 Å². The lowest BCUT2D eigenvalue weighted by molar-refractivity contribution is -0.118. The quantitative estimate of drug-likeness (QED) is 0.840. The van der Waals surface area contributed by atoms with Crippen molar-refractivity contribution >= 4 is 27.6 Å². The van der Waals surface area contributed by atoms with Crippen molar-refractivity contribution in [1.29, 1.82) is 0 Å². The highest BCUT2D eigenvalue weighted by Crippen LogP contribution is 2.22. The Labute approximate surface area is 128 Å². The summed E-state index contributed by atoms with van der Waals surface area (Å²) >= 11 is 3.38. The number of likely N-dealkylation sites (tertiary alicyclic amines) is 1. The Balaban J connectivity index is 2.18. The van der Waals surface area contributed by atoms with Crippen molar-refractivity contribution in [2.24, 2.45) is 0 Å². The third-order valence-electron chi connectivity index (χ3n) is 3.75. The van der Waals surface area contributed by atoms with Crippen LogP contribution in [0.3, 0.4) is 0 Å². The van der Waals surface area contributed by atoms with Crippen LogP contribution >= 0.6 is 15.9 Å². The molecular weight excluding hydrogens is 318 g/mol. The fourth-order valence-corrected chi connectivity index (χ4v) is 3.01. The first kappa shape index (κ1) is 15.2. The zero-order valence-corrected chi connectivity index (χ0v) is 13.4. The second-order valence-corrected chi connectivity index (χ2v) is 6.33. The number of carbonyl (C=O) groups is 2. The van der Waals surface area contributed by atoms with Gasteiger partial charge in [-0.15, -0.1) is 0 Å². The number of benzene rings is 1. The average molecular weight is 338 g/mol. The van der Waals surface area contributed by atoms with Gasteiger partial charge < -0.3 is 4.90 Å². The van der Waals surface area contributed by atoms with Gasteiger partial charge in [-0.25, -0.2) is 0 Å². The zero-order chi connectivity index (χ0) is 14.5. The molecule has 0 spiro atoms. The smallest absolute Gasteiger partial charge is 0.254 e. The number of hydrogen-bond acceptors (Lipinski definition) is 2. The molecule has 1 aliphatic rings. The largest absolute Gasteiger partial charge is 0.335 e. The van der Waals surface area contributed by atoms with Gasteiger partial charge in [0.05, 0.1) is 0 Å². The predicted octanol–water partition coefficient (Wildman–Crippen LogP) is 3.81. The molecule has 1 aromatic carbocycles. The molecular formula is C16H20BrNO2. The van der Waals surface area contributed by atoms with Crippen molar-refractivity contribution < 1.29 is 9.59 Å². The highest BCUT2D eigenvalue weighted by atomic mass is 79.9. The van der Waals surface area contributed by atoms with Gasteiger partial charge in [0.1, 0.15) is 5.78 Å². The first-order valence-electron chi connectivity index (χ1n) is 7.14. The van der Waals surface area contributed by atoms with Gasteiger partial charge in [-0.3, -0.25) is 9.59 Å². The van der Waals surface area contributed by atoms with Gasteiger partial charge in [0.25, 0.3) is 5.91 Å². The molecule has 0 aromatic heterocycles. The zero-order valence-electron chi connectivity index (χ0n) is 11.8. The Kier molecular flexibility index (Phi) is 5.35. The minimum absolute atomic E-state index is 0.0469. The lowest BCUT2D eigenvalue weighted by Gasteiger charge is -2.29. The Hall–Kier alpha value is -1.16. The number of ketones is 1. The Morgan fingerprint density at radius 1 is 1.20 bits per heavy atom. The Morgan fingerprint density at radius 2 is 1.90 bits per heavy atom.